The number of nitrogen functional groups attached to an aromatic ring is 1. The molecule has 0 unspecified atom stereocenters. The number of carbonyl (C=O) groups is 1. The van der Waals surface area contributed by atoms with E-state index in [2.05, 4.69) is 20.9 Å². The topological polar surface area (TPSA) is 82.0 Å². The van der Waals surface area contributed by atoms with Crippen LogP contribution in [0.5, 0.6) is 0 Å². The van der Waals surface area contributed by atoms with Crippen molar-refractivity contribution in [3.63, 3.8) is 0 Å². The molecule has 0 fully saturated rings. The highest BCUT2D eigenvalue weighted by molar-refractivity contribution is 9.10. The molecule has 0 saturated carbocycles. The molecule has 0 aromatic carbocycles. The number of rotatable bonds is 2. The number of pyridine rings is 1. The van der Waals surface area contributed by atoms with E-state index < -0.39 is 18.0 Å². The number of alkyl halides is 2. The van der Waals surface area contributed by atoms with Gasteiger partial charge in [0.1, 0.15) is 11.4 Å². The van der Waals surface area contributed by atoms with Crippen molar-refractivity contribution in [3.05, 3.63) is 21.9 Å². The number of carbonyl (C=O) groups excluding carboxylic acids is 1. The minimum absolute atomic E-state index is 0.00380. The molecule has 0 saturated heterocycles. The molecule has 0 bridgehead atoms. The van der Waals surface area contributed by atoms with Crippen LogP contribution in [0.15, 0.2) is 10.5 Å². The highest BCUT2D eigenvalue weighted by Gasteiger charge is 2.18. The van der Waals surface area contributed by atoms with Crippen LogP contribution in [0.1, 0.15) is 22.6 Å². The Morgan fingerprint density at radius 1 is 1.57 bits per heavy atom. The second-order valence-corrected chi connectivity index (χ2v) is 3.25. The van der Waals surface area contributed by atoms with Crippen LogP contribution >= 0.6 is 15.9 Å². The van der Waals surface area contributed by atoms with Crippen LogP contribution in [0, 0.1) is 0 Å². The molecular weight excluding hydrogens is 260 g/mol. The van der Waals surface area contributed by atoms with Crippen molar-refractivity contribution < 1.29 is 13.6 Å². The number of hydrogen-bond donors (Lipinski definition) is 2. The summed E-state index contributed by atoms with van der Waals surface area (Å²) < 4.78 is 24.7. The molecule has 0 aliphatic rings. The molecule has 14 heavy (non-hydrogen) atoms. The third-order valence-electron chi connectivity index (χ3n) is 1.47. The lowest BCUT2D eigenvalue weighted by Crippen LogP contribution is -2.15. The van der Waals surface area contributed by atoms with Crippen molar-refractivity contribution in [1.29, 1.82) is 0 Å². The summed E-state index contributed by atoms with van der Waals surface area (Å²) in [6.45, 7) is 0. The molecule has 0 spiro atoms. The second kappa shape index (κ2) is 3.87. The van der Waals surface area contributed by atoms with Crippen molar-refractivity contribution in [3.8, 4) is 0 Å². The molecule has 1 rings (SSSR count). The van der Waals surface area contributed by atoms with Gasteiger partial charge >= 0.3 is 0 Å². The van der Waals surface area contributed by atoms with Gasteiger partial charge in [-0.05, 0) is 22.0 Å². The Kier molecular flexibility index (Phi) is 3.00. The summed E-state index contributed by atoms with van der Waals surface area (Å²) in [7, 11) is 0. The van der Waals surface area contributed by atoms with E-state index in [-0.39, 0.29) is 15.9 Å². The first-order chi connectivity index (χ1) is 6.43. The van der Waals surface area contributed by atoms with Crippen LogP contribution in [0.2, 0.25) is 0 Å². The predicted octanol–water partition coefficient (Wildman–Crippen LogP) is 1.46. The zero-order valence-electron chi connectivity index (χ0n) is 6.80. The van der Waals surface area contributed by atoms with Crippen LogP contribution in [-0.2, 0) is 0 Å². The normalized spacial score (nSPS) is 10.6. The van der Waals surface area contributed by atoms with E-state index in [4.69, 9.17) is 11.5 Å². The Bertz CT molecular complexity index is 383. The fraction of sp³-hybridized carbons (Fsp3) is 0.143. The van der Waals surface area contributed by atoms with Gasteiger partial charge in [0.25, 0.3) is 12.3 Å². The third-order valence-corrected chi connectivity index (χ3v) is 2.33. The highest BCUT2D eigenvalue weighted by Crippen LogP contribution is 2.30. The van der Waals surface area contributed by atoms with Gasteiger partial charge in [-0.2, -0.15) is 0 Å². The summed E-state index contributed by atoms with van der Waals surface area (Å²) in [5.41, 5.74) is 9.40. The Morgan fingerprint density at radius 3 is 2.57 bits per heavy atom. The smallest absolute Gasteiger partial charge is 0.281 e. The maximum Gasteiger partial charge on any atom is 0.281 e. The molecule has 7 heteroatoms. The zero-order chi connectivity index (χ0) is 10.9. The molecule has 1 heterocycles. The van der Waals surface area contributed by atoms with Crippen LogP contribution in [0.3, 0.4) is 0 Å². The maximum atomic E-state index is 12.4. The van der Waals surface area contributed by atoms with Gasteiger partial charge in [0.05, 0.1) is 10.2 Å². The molecule has 76 valence electrons. The Hall–Kier alpha value is -1.24. The van der Waals surface area contributed by atoms with Gasteiger partial charge in [-0.1, -0.05) is 0 Å². The molecule has 4 N–H and O–H groups in total. The molecule has 0 atom stereocenters. The van der Waals surface area contributed by atoms with E-state index >= 15 is 0 Å². The first-order valence-electron chi connectivity index (χ1n) is 3.47. The molecule has 1 amide bonds. The molecule has 0 aliphatic carbocycles. The van der Waals surface area contributed by atoms with Crippen molar-refractivity contribution in [2.45, 2.75) is 6.43 Å². The predicted molar refractivity (Wildman–Crippen MR) is 49.8 cm³/mol. The number of hydrogen-bond acceptors (Lipinski definition) is 3. The van der Waals surface area contributed by atoms with Crippen molar-refractivity contribution in [2.24, 2.45) is 5.73 Å². The number of nitrogens with two attached hydrogens (primary N) is 2. The monoisotopic (exact) mass is 265 g/mol. The zero-order valence-corrected chi connectivity index (χ0v) is 8.38. The quantitative estimate of drug-likeness (QED) is 0.850. The van der Waals surface area contributed by atoms with Gasteiger partial charge in [0.2, 0.25) is 0 Å². The van der Waals surface area contributed by atoms with E-state index in [1.54, 1.807) is 0 Å². The number of amides is 1. The fourth-order valence-electron chi connectivity index (χ4n) is 0.840. The average Bonchev–Trinajstić information content (AvgIpc) is 2.08. The Labute approximate surface area is 86.4 Å². The van der Waals surface area contributed by atoms with Gasteiger partial charge in [-0.15, -0.1) is 0 Å². The molecule has 1 aromatic rings. The van der Waals surface area contributed by atoms with Gasteiger partial charge in [0, 0.05) is 0 Å². The van der Waals surface area contributed by atoms with E-state index in [1.165, 1.54) is 0 Å². The minimum atomic E-state index is -2.81. The summed E-state index contributed by atoms with van der Waals surface area (Å²) >= 11 is 2.84. The van der Waals surface area contributed by atoms with Crippen LogP contribution < -0.4 is 11.5 Å². The van der Waals surface area contributed by atoms with Crippen LogP contribution in [0.4, 0.5) is 14.5 Å². The summed E-state index contributed by atoms with van der Waals surface area (Å²) in [6.07, 6.45) is -2.81. The van der Waals surface area contributed by atoms with Gasteiger partial charge < -0.3 is 11.5 Å². The van der Waals surface area contributed by atoms with Gasteiger partial charge in [-0.3, -0.25) is 4.79 Å². The van der Waals surface area contributed by atoms with Crippen molar-refractivity contribution >= 4 is 27.5 Å². The van der Waals surface area contributed by atoms with Crippen LogP contribution in [-0.4, -0.2) is 10.9 Å². The number of primary amides is 1. The number of anilines is 1. The first kappa shape index (κ1) is 10.8. The number of nitrogens with zero attached hydrogens (tertiary/aromatic N) is 1. The maximum absolute atomic E-state index is 12.4. The third kappa shape index (κ3) is 1.98. The number of aromatic nitrogens is 1. The molecule has 0 radical (unpaired) electrons. The average molecular weight is 266 g/mol. The fourth-order valence-corrected chi connectivity index (χ4v) is 1.22. The highest BCUT2D eigenvalue weighted by atomic mass is 79.9. The first-order valence-corrected chi connectivity index (χ1v) is 4.26. The minimum Gasteiger partial charge on any atom is -0.398 e. The van der Waals surface area contributed by atoms with Gasteiger partial charge in [-0.25, -0.2) is 13.8 Å². The molecule has 0 aliphatic heterocycles. The van der Waals surface area contributed by atoms with E-state index in [0.717, 1.165) is 6.07 Å². The summed E-state index contributed by atoms with van der Waals surface area (Å²) in [4.78, 5) is 14.1. The standard InChI is InChI=1S/C7H6BrF2N3O/c8-4-2(11)1-3(7(12)14)13-5(4)6(9)10/h1,6H,(H2,11,13)(H2,12,14). The lowest BCUT2D eigenvalue weighted by molar-refractivity contribution is 0.0993. The molecule has 4 nitrogen and oxygen atoms in total. The summed E-state index contributed by atoms with van der Waals surface area (Å²) in [5.74, 6) is -0.897. The lowest BCUT2D eigenvalue weighted by atomic mass is 10.2. The number of halogens is 3. The second-order valence-electron chi connectivity index (χ2n) is 2.46. The van der Waals surface area contributed by atoms with E-state index in [0.29, 0.717) is 0 Å². The largest absolute Gasteiger partial charge is 0.398 e. The van der Waals surface area contributed by atoms with Gasteiger partial charge in [0.15, 0.2) is 0 Å². The SMILES string of the molecule is NC(=O)c1cc(N)c(Br)c(C(F)F)n1. The molecule has 1 aromatic heterocycles. The van der Waals surface area contributed by atoms with Crippen LogP contribution in [0.25, 0.3) is 0 Å². The Balaban J connectivity index is 3.35. The van der Waals surface area contributed by atoms with Crippen molar-refractivity contribution in [1.82, 2.24) is 4.98 Å². The van der Waals surface area contributed by atoms with E-state index in [9.17, 15) is 13.6 Å². The Morgan fingerprint density at radius 2 is 2.14 bits per heavy atom. The summed E-state index contributed by atoms with van der Waals surface area (Å²) in [5, 5.41) is 0. The lowest BCUT2D eigenvalue weighted by Gasteiger charge is -2.06. The van der Waals surface area contributed by atoms with Crippen molar-refractivity contribution in [2.75, 3.05) is 5.73 Å². The summed E-state index contributed by atoms with van der Waals surface area (Å²) in [6, 6.07) is 1.14. The van der Waals surface area contributed by atoms with E-state index in [1.807, 2.05) is 0 Å². The molecular formula is C7H6BrF2N3O.